The normalized spacial score (nSPS) is 18.5. The molecular formula is C16H25N3O3. The van der Waals surface area contributed by atoms with E-state index < -0.39 is 0 Å². The van der Waals surface area contributed by atoms with Crippen LogP contribution in [0, 0.1) is 0 Å². The smallest absolute Gasteiger partial charge is 0.194 e. The van der Waals surface area contributed by atoms with Crippen molar-refractivity contribution in [3.8, 4) is 11.5 Å². The molecule has 1 atom stereocenters. The van der Waals surface area contributed by atoms with Gasteiger partial charge in [-0.15, -0.1) is 0 Å². The van der Waals surface area contributed by atoms with E-state index in [0.29, 0.717) is 24.6 Å². The summed E-state index contributed by atoms with van der Waals surface area (Å²) in [5.41, 5.74) is 1.05. The molecule has 122 valence electrons. The first-order chi connectivity index (χ1) is 10.7. The van der Waals surface area contributed by atoms with E-state index in [1.54, 1.807) is 14.2 Å². The van der Waals surface area contributed by atoms with E-state index in [9.17, 15) is 5.11 Å². The highest BCUT2D eigenvalue weighted by Crippen LogP contribution is 2.27. The lowest BCUT2D eigenvalue weighted by Crippen LogP contribution is -2.40. The number of hydrogen-bond acceptors (Lipinski definition) is 4. The largest absolute Gasteiger partial charge is 0.493 e. The molecule has 1 aliphatic heterocycles. The number of ether oxygens (including phenoxy) is 2. The Morgan fingerprint density at radius 3 is 2.73 bits per heavy atom. The van der Waals surface area contributed by atoms with Crippen molar-refractivity contribution in [3.05, 3.63) is 23.8 Å². The summed E-state index contributed by atoms with van der Waals surface area (Å²) in [6, 6.07) is 5.80. The van der Waals surface area contributed by atoms with Crippen LogP contribution in [0.1, 0.15) is 18.9 Å². The Balaban J connectivity index is 2.10. The molecule has 1 aromatic carbocycles. The topological polar surface area (TPSA) is 66.3 Å². The van der Waals surface area contributed by atoms with Crippen LogP contribution in [0.3, 0.4) is 0 Å². The molecule has 0 aromatic heterocycles. The van der Waals surface area contributed by atoms with Gasteiger partial charge in [0.1, 0.15) is 0 Å². The predicted molar refractivity (Wildman–Crippen MR) is 86.6 cm³/mol. The average Bonchev–Trinajstić information content (AvgIpc) is 2.97. The number of nitrogens with zero attached hydrogens (tertiary/aromatic N) is 2. The first-order valence-electron chi connectivity index (χ1n) is 7.60. The van der Waals surface area contributed by atoms with Crippen molar-refractivity contribution in [1.29, 1.82) is 0 Å². The number of β-amino-alcohol motifs (C(OH)–C–C–N with tert-alkyl or cyclic N) is 1. The third-order valence-corrected chi connectivity index (χ3v) is 3.66. The van der Waals surface area contributed by atoms with Crippen LogP contribution in [-0.4, -0.2) is 55.9 Å². The van der Waals surface area contributed by atoms with Crippen molar-refractivity contribution in [1.82, 2.24) is 10.2 Å². The first-order valence-corrected chi connectivity index (χ1v) is 7.60. The zero-order valence-corrected chi connectivity index (χ0v) is 13.5. The number of methoxy groups -OCH3 is 2. The molecule has 0 radical (unpaired) electrons. The SMILES string of the molecule is CCNC(=NCc1ccc(OC)c(OC)c1)N1CC[C@@H](O)C1. The zero-order valence-electron chi connectivity index (χ0n) is 13.5. The van der Waals surface area contributed by atoms with E-state index in [1.165, 1.54) is 0 Å². The van der Waals surface area contributed by atoms with E-state index in [1.807, 2.05) is 25.1 Å². The van der Waals surface area contributed by atoms with Crippen LogP contribution in [0.2, 0.25) is 0 Å². The molecular weight excluding hydrogens is 282 g/mol. The van der Waals surface area contributed by atoms with E-state index in [2.05, 4.69) is 15.2 Å². The summed E-state index contributed by atoms with van der Waals surface area (Å²) in [6.07, 6.45) is 0.533. The van der Waals surface area contributed by atoms with Gasteiger partial charge in [0.05, 0.1) is 26.9 Å². The lowest BCUT2D eigenvalue weighted by molar-refractivity contribution is 0.188. The lowest BCUT2D eigenvalue weighted by atomic mass is 10.2. The Labute approximate surface area is 131 Å². The highest BCUT2D eigenvalue weighted by atomic mass is 16.5. The van der Waals surface area contributed by atoms with E-state index >= 15 is 0 Å². The summed E-state index contributed by atoms with van der Waals surface area (Å²) in [5.74, 6) is 2.26. The molecule has 1 aromatic rings. The van der Waals surface area contributed by atoms with Crippen molar-refractivity contribution in [2.24, 2.45) is 4.99 Å². The summed E-state index contributed by atoms with van der Waals surface area (Å²) in [6.45, 7) is 4.86. The second kappa shape index (κ2) is 7.89. The molecule has 1 aliphatic rings. The van der Waals surface area contributed by atoms with Crippen molar-refractivity contribution in [2.75, 3.05) is 33.9 Å². The number of aliphatic hydroxyl groups excluding tert-OH is 1. The highest BCUT2D eigenvalue weighted by Gasteiger charge is 2.22. The molecule has 2 N–H and O–H groups in total. The molecule has 6 heteroatoms. The number of aliphatic hydroxyl groups is 1. The molecule has 1 heterocycles. The van der Waals surface area contributed by atoms with Crippen LogP contribution >= 0.6 is 0 Å². The van der Waals surface area contributed by atoms with Crippen molar-refractivity contribution < 1.29 is 14.6 Å². The molecule has 0 unspecified atom stereocenters. The Bertz CT molecular complexity index is 519. The fraction of sp³-hybridized carbons (Fsp3) is 0.562. The minimum Gasteiger partial charge on any atom is -0.493 e. The number of benzene rings is 1. The summed E-state index contributed by atoms with van der Waals surface area (Å²) < 4.78 is 10.6. The molecule has 0 spiro atoms. The fourth-order valence-electron chi connectivity index (χ4n) is 2.51. The van der Waals surface area contributed by atoms with Gasteiger partial charge in [0.25, 0.3) is 0 Å². The Kier molecular flexibility index (Phi) is 5.89. The van der Waals surface area contributed by atoms with Gasteiger partial charge in [0.2, 0.25) is 0 Å². The Morgan fingerprint density at radius 2 is 2.14 bits per heavy atom. The molecule has 2 rings (SSSR count). The maximum Gasteiger partial charge on any atom is 0.194 e. The number of likely N-dealkylation sites (tertiary alicyclic amines) is 1. The predicted octanol–water partition coefficient (Wildman–Crippen LogP) is 1.24. The second-order valence-corrected chi connectivity index (χ2v) is 5.25. The summed E-state index contributed by atoms with van der Waals surface area (Å²) in [4.78, 5) is 6.75. The van der Waals surface area contributed by atoms with E-state index in [-0.39, 0.29) is 6.10 Å². The Morgan fingerprint density at radius 1 is 1.36 bits per heavy atom. The maximum absolute atomic E-state index is 9.67. The maximum atomic E-state index is 9.67. The van der Waals surface area contributed by atoms with Gasteiger partial charge < -0.3 is 24.8 Å². The molecule has 1 fully saturated rings. The molecule has 22 heavy (non-hydrogen) atoms. The van der Waals surface area contributed by atoms with Crippen molar-refractivity contribution in [3.63, 3.8) is 0 Å². The van der Waals surface area contributed by atoms with E-state index in [0.717, 1.165) is 31.0 Å². The third kappa shape index (κ3) is 4.04. The summed E-state index contributed by atoms with van der Waals surface area (Å²) in [5, 5.41) is 12.9. The van der Waals surface area contributed by atoms with Gasteiger partial charge in [0.15, 0.2) is 17.5 Å². The van der Waals surface area contributed by atoms with Crippen LogP contribution in [0.25, 0.3) is 0 Å². The molecule has 1 saturated heterocycles. The highest BCUT2D eigenvalue weighted by molar-refractivity contribution is 5.80. The van der Waals surface area contributed by atoms with Gasteiger partial charge in [-0.2, -0.15) is 0 Å². The standard InChI is InChI=1S/C16H25N3O3/c1-4-17-16(19-8-7-13(20)11-19)18-10-12-5-6-14(21-2)15(9-12)22-3/h5-6,9,13,20H,4,7-8,10-11H2,1-3H3,(H,17,18)/t13-/m1/s1. The van der Waals surface area contributed by atoms with Crippen molar-refractivity contribution >= 4 is 5.96 Å². The minimum absolute atomic E-state index is 0.259. The van der Waals surface area contributed by atoms with Gasteiger partial charge in [-0.05, 0) is 31.0 Å². The monoisotopic (exact) mass is 307 g/mol. The van der Waals surface area contributed by atoms with Crippen molar-refractivity contribution in [2.45, 2.75) is 26.0 Å². The zero-order chi connectivity index (χ0) is 15.9. The lowest BCUT2D eigenvalue weighted by Gasteiger charge is -2.21. The Hall–Kier alpha value is -1.95. The van der Waals surface area contributed by atoms with Crippen LogP contribution < -0.4 is 14.8 Å². The molecule has 6 nitrogen and oxygen atoms in total. The first kappa shape index (κ1) is 16.4. The number of aliphatic imine (C=N–C) groups is 1. The summed E-state index contributed by atoms with van der Waals surface area (Å²) in [7, 11) is 3.25. The van der Waals surface area contributed by atoms with Gasteiger partial charge >= 0.3 is 0 Å². The molecule has 0 bridgehead atoms. The van der Waals surface area contributed by atoms with Crippen LogP contribution in [-0.2, 0) is 6.54 Å². The second-order valence-electron chi connectivity index (χ2n) is 5.25. The van der Waals surface area contributed by atoms with Gasteiger partial charge in [0, 0.05) is 19.6 Å². The number of nitrogens with one attached hydrogen (secondary N) is 1. The van der Waals surface area contributed by atoms with Gasteiger partial charge in [-0.25, -0.2) is 4.99 Å². The van der Waals surface area contributed by atoms with Crippen LogP contribution in [0.5, 0.6) is 11.5 Å². The number of guanidine groups is 1. The molecule has 0 saturated carbocycles. The van der Waals surface area contributed by atoms with Gasteiger partial charge in [-0.3, -0.25) is 0 Å². The van der Waals surface area contributed by atoms with Crippen LogP contribution in [0.15, 0.2) is 23.2 Å². The van der Waals surface area contributed by atoms with Gasteiger partial charge in [-0.1, -0.05) is 6.07 Å². The molecule has 0 aliphatic carbocycles. The minimum atomic E-state index is -0.259. The third-order valence-electron chi connectivity index (χ3n) is 3.66. The quantitative estimate of drug-likeness (QED) is 0.633. The van der Waals surface area contributed by atoms with Crippen LogP contribution in [0.4, 0.5) is 0 Å². The van der Waals surface area contributed by atoms with E-state index in [4.69, 9.17) is 9.47 Å². The number of rotatable bonds is 5. The summed E-state index contributed by atoms with van der Waals surface area (Å²) >= 11 is 0. The average molecular weight is 307 g/mol. The number of hydrogen-bond donors (Lipinski definition) is 2. The molecule has 0 amide bonds. The fourth-order valence-corrected chi connectivity index (χ4v) is 2.51.